The highest BCUT2D eigenvalue weighted by molar-refractivity contribution is 5.82. The van der Waals surface area contributed by atoms with Gasteiger partial charge >= 0.3 is 5.97 Å². The minimum atomic E-state index is -0.924. The third kappa shape index (κ3) is 2.46. The van der Waals surface area contributed by atoms with Gasteiger partial charge in [0.05, 0.1) is 0 Å². The van der Waals surface area contributed by atoms with Crippen molar-refractivity contribution in [3.8, 4) is 0 Å². The van der Waals surface area contributed by atoms with E-state index in [0.29, 0.717) is 6.42 Å². The Morgan fingerprint density at radius 2 is 2.33 bits per heavy atom. The molecule has 4 heteroatoms. The Labute approximate surface area is 89.3 Å². The number of carboxylic acids is 1. The van der Waals surface area contributed by atoms with Gasteiger partial charge in [0.25, 0.3) is 0 Å². The zero-order valence-electron chi connectivity index (χ0n) is 9.24. The average Bonchev–Trinajstić information content (AvgIpc) is 2.21. The number of rotatable bonds is 4. The third-order valence-electron chi connectivity index (χ3n) is 2.61. The molecule has 0 aliphatic rings. The molecule has 1 heterocycles. The van der Waals surface area contributed by atoms with E-state index in [2.05, 4.69) is 10.3 Å². The molecule has 1 unspecified atom stereocenters. The van der Waals surface area contributed by atoms with Gasteiger partial charge in [0.1, 0.15) is 5.54 Å². The van der Waals surface area contributed by atoms with Crippen molar-refractivity contribution in [3.63, 3.8) is 0 Å². The molecular formula is C11H16N2O2. The van der Waals surface area contributed by atoms with Crippen molar-refractivity contribution in [2.24, 2.45) is 0 Å². The summed E-state index contributed by atoms with van der Waals surface area (Å²) in [5.74, 6) is -0.846. The summed E-state index contributed by atoms with van der Waals surface area (Å²) in [4.78, 5) is 15.0. The van der Waals surface area contributed by atoms with E-state index < -0.39 is 11.5 Å². The molecule has 82 valence electrons. The molecule has 0 saturated carbocycles. The summed E-state index contributed by atoms with van der Waals surface area (Å²) >= 11 is 0. The number of pyridine rings is 1. The van der Waals surface area contributed by atoms with Crippen LogP contribution in [0.5, 0.6) is 0 Å². The lowest BCUT2D eigenvalue weighted by Gasteiger charge is -2.26. The number of aryl methyl sites for hydroxylation is 1. The summed E-state index contributed by atoms with van der Waals surface area (Å²) in [6.07, 6.45) is 3.87. The molecule has 1 aromatic heterocycles. The van der Waals surface area contributed by atoms with Crippen molar-refractivity contribution >= 4 is 11.7 Å². The SMILES string of the molecule is CCC(C)(Nc1ccncc1C)C(=O)O. The number of carbonyl (C=O) groups is 1. The average molecular weight is 208 g/mol. The molecule has 0 radical (unpaired) electrons. The first kappa shape index (κ1) is 11.5. The minimum Gasteiger partial charge on any atom is -0.480 e. The summed E-state index contributed by atoms with van der Waals surface area (Å²) in [6, 6.07) is 1.78. The number of carboxylic acid groups (broad SMARTS) is 1. The van der Waals surface area contributed by atoms with E-state index in [-0.39, 0.29) is 0 Å². The minimum absolute atomic E-state index is 0.518. The largest absolute Gasteiger partial charge is 0.480 e. The van der Waals surface area contributed by atoms with E-state index in [9.17, 15) is 4.79 Å². The van der Waals surface area contributed by atoms with Gasteiger partial charge in [-0.15, -0.1) is 0 Å². The smallest absolute Gasteiger partial charge is 0.329 e. The second kappa shape index (κ2) is 4.29. The molecule has 0 saturated heterocycles. The van der Waals surface area contributed by atoms with Crippen molar-refractivity contribution in [1.29, 1.82) is 0 Å². The van der Waals surface area contributed by atoms with Gasteiger partial charge in [-0.3, -0.25) is 4.98 Å². The second-order valence-corrected chi connectivity index (χ2v) is 3.81. The summed E-state index contributed by atoms with van der Waals surface area (Å²) in [5.41, 5.74) is 0.835. The topological polar surface area (TPSA) is 62.2 Å². The van der Waals surface area contributed by atoms with Crippen LogP contribution >= 0.6 is 0 Å². The van der Waals surface area contributed by atoms with Gasteiger partial charge in [0.2, 0.25) is 0 Å². The van der Waals surface area contributed by atoms with Crippen molar-refractivity contribution in [2.75, 3.05) is 5.32 Å². The fraction of sp³-hybridized carbons (Fsp3) is 0.455. The van der Waals surface area contributed by atoms with Crippen LogP contribution in [0.15, 0.2) is 18.5 Å². The van der Waals surface area contributed by atoms with Crippen molar-refractivity contribution < 1.29 is 9.90 Å². The second-order valence-electron chi connectivity index (χ2n) is 3.81. The first-order valence-corrected chi connectivity index (χ1v) is 4.92. The fourth-order valence-electron chi connectivity index (χ4n) is 1.20. The molecule has 4 nitrogen and oxygen atoms in total. The molecule has 0 spiro atoms. The molecule has 0 aliphatic heterocycles. The molecule has 2 N–H and O–H groups in total. The Morgan fingerprint density at radius 3 is 2.80 bits per heavy atom. The van der Waals surface area contributed by atoms with Gasteiger partial charge in [-0.25, -0.2) is 4.79 Å². The van der Waals surface area contributed by atoms with E-state index in [1.807, 2.05) is 13.8 Å². The molecule has 1 atom stereocenters. The highest BCUT2D eigenvalue weighted by Gasteiger charge is 2.30. The van der Waals surface area contributed by atoms with E-state index >= 15 is 0 Å². The molecular weight excluding hydrogens is 192 g/mol. The van der Waals surface area contributed by atoms with Crippen molar-refractivity contribution in [2.45, 2.75) is 32.7 Å². The lowest BCUT2D eigenvalue weighted by Crippen LogP contribution is -2.42. The van der Waals surface area contributed by atoms with Crippen LogP contribution in [-0.4, -0.2) is 21.6 Å². The molecule has 1 rings (SSSR count). The van der Waals surface area contributed by atoms with Gasteiger partial charge in [-0.1, -0.05) is 6.92 Å². The van der Waals surface area contributed by atoms with Gasteiger partial charge in [-0.05, 0) is 31.9 Å². The lowest BCUT2D eigenvalue weighted by molar-refractivity contribution is -0.141. The van der Waals surface area contributed by atoms with Crippen LogP contribution in [0.4, 0.5) is 5.69 Å². The Bertz CT molecular complexity index is 365. The molecule has 0 fully saturated rings. The molecule has 0 aromatic carbocycles. The van der Waals surface area contributed by atoms with Crippen LogP contribution in [0.2, 0.25) is 0 Å². The third-order valence-corrected chi connectivity index (χ3v) is 2.61. The Balaban J connectivity index is 2.94. The summed E-state index contributed by atoms with van der Waals surface area (Å²) in [5, 5.41) is 12.1. The number of hydrogen-bond donors (Lipinski definition) is 2. The number of aromatic nitrogens is 1. The Kier molecular flexibility index (Phi) is 3.29. The number of nitrogens with zero attached hydrogens (tertiary/aromatic N) is 1. The lowest BCUT2D eigenvalue weighted by atomic mass is 9.98. The van der Waals surface area contributed by atoms with E-state index in [1.165, 1.54) is 0 Å². The van der Waals surface area contributed by atoms with Gasteiger partial charge in [0.15, 0.2) is 0 Å². The fourth-order valence-corrected chi connectivity index (χ4v) is 1.20. The predicted octanol–water partition coefficient (Wildman–Crippen LogP) is 2.06. The van der Waals surface area contributed by atoms with Crippen molar-refractivity contribution in [1.82, 2.24) is 4.98 Å². The summed E-state index contributed by atoms with van der Waals surface area (Å²) < 4.78 is 0. The van der Waals surface area contributed by atoms with Crippen molar-refractivity contribution in [3.05, 3.63) is 24.0 Å². The number of hydrogen-bond acceptors (Lipinski definition) is 3. The summed E-state index contributed by atoms with van der Waals surface area (Å²) in [7, 11) is 0. The van der Waals surface area contributed by atoms with E-state index in [1.54, 1.807) is 25.4 Å². The van der Waals surface area contributed by atoms with Gasteiger partial charge in [-0.2, -0.15) is 0 Å². The monoisotopic (exact) mass is 208 g/mol. The van der Waals surface area contributed by atoms with Crippen LogP contribution in [0.25, 0.3) is 0 Å². The van der Waals surface area contributed by atoms with Gasteiger partial charge < -0.3 is 10.4 Å². The standard InChI is InChI=1S/C11H16N2O2/c1-4-11(3,10(14)15)13-9-5-6-12-7-8(9)2/h5-7H,4H2,1-3H3,(H,12,13)(H,14,15). The predicted molar refractivity (Wildman–Crippen MR) is 58.9 cm³/mol. The quantitative estimate of drug-likeness (QED) is 0.795. The highest BCUT2D eigenvalue weighted by atomic mass is 16.4. The van der Waals surface area contributed by atoms with E-state index in [0.717, 1.165) is 11.3 Å². The van der Waals surface area contributed by atoms with Crippen LogP contribution in [0.3, 0.4) is 0 Å². The summed E-state index contributed by atoms with van der Waals surface area (Å²) in [6.45, 7) is 5.42. The Morgan fingerprint density at radius 1 is 1.67 bits per heavy atom. The molecule has 1 aromatic rings. The van der Waals surface area contributed by atoms with Crippen LogP contribution in [-0.2, 0) is 4.79 Å². The molecule has 0 aliphatic carbocycles. The maximum atomic E-state index is 11.1. The van der Waals surface area contributed by atoms with E-state index in [4.69, 9.17) is 5.11 Å². The first-order valence-electron chi connectivity index (χ1n) is 4.92. The van der Waals surface area contributed by atoms with Crippen LogP contribution in [0.1, 0.15) is 25.8 Å². The molecule has 0 bridgehead atoms. The maximum absolute atomic E-state index is 11.1. The Hall–Kier alpha value is -1.58. The number of aliphatic carboxylic acids is 1. The molecule has 15 heavy (non-hydrogen) atoms. The van der Waals surface area contributed by atoms with Crippen LogP contribution < -0.4 is 5.32 Å². The first-order chi connectivity index (χ1) is 6.99. The zero-order chi connectivity index (χ0) is 11.5. The maximum Gasteiger partial charge on any atom is 0.329 e. The molecule has 0 amide bonds. The zero-order valence-corrected chi connectivity index (χ0v) is 9.24. The number of anilines is 1. The normalized spacial score (nSPS) is 14.3. The van der Waals surface area contributed by atoms with Gasteiger partial charge in [0, 0.05) is 18.1 Å². The van der Waals surface area contributed by atoms with Crippen LogP contribution in [0, 0.1) is 6.92 Å². The highest BCUT2D eigenvalue weighted by Crippen LogP contribution is 2.20. The number of nitrogens with one attached hydrogen (secondary N) is 1.